The number of carbonyl (C=O) groups is 2. The number of sulfone groups is 1. The Morgan fingerprint density at radius 1 is 1.18 bits per heavy atom. The van der Waals surface area contributed by atoms with Gasteiger partial charge in [-0.3, -0.25) is 9.59 Å². The fraction of sp³-hybridized carbons (Fsp3) is 0.250. The first-order valence-electron chi connectivity index (χ1n) is 8.26. The van der Waals surface area contributed by atoms with E-state index in [0.29, 0.717) is 12.1 Å². The minimum atomic E-state index is -6.37. The number of nitrogens with one attached hydrogen (secondary N) is 1. The predicted octanol–water partition coefficient (Wildman–Crippen LogP) is 3.86. The Morgan fingerprint density at radius 2 is 1.71 bits per heavy atom. The molecule has 9 nitrogen and oxygen atoms in total. The van der Waals surface area contributed by atoms with Gasteiger partial charge in [0.2, 0.25) is 0 Å². The number of hydrogen-bond donors (Lipinski definition) is 1. The van der Waals surface area contributed by atoms with Crippen LogP contribution in [0, 0.1) is 11.3 Å². The predicted molar refractivity (Wildman–Crippen MR) is 102 cm³/mol. The molecule has 1 heterocycles. The van der Waals surface area contributed by atoms with Crippen molar-refractivity contribution < 1.29 is 49.1 Å². The number of nitriles is 1. The number of alkyl halides is 6. The van der Waals surface area contributed by atoms with E-state index in [1.807, 2.05) is 0 Å². The standard InChI is InChI=1S/C16H8Cl2F6N4O5S/c1-6(29)33-5-11(30)26-14-13(34(31,32)16(22,23)24)10(4-25)27-28(14)12-8(17)2-7(3-9(12)18)15(19,20)21/h2-3H,5H2,1H3,(H,26,30). The minimum absolute atomic E-state index is 0.146. The van der Waals surface area contributed by atoms with Crippen LogP contribution < -0.4 is 5.32 Å². The molecule has 1 amide bonds. The summed E-state index contributed by atoms with van der Waals surface area (Å²) in [5, 5.41) is 12.4. The number of rotatable bonds is 5. The first-order valence-corrected chi connectivity index (χ1v) is 10.5. The van der Waals surface area contributed by atoms with Crippen molar-refractivity contribution in [3.05, 3.63) is 33.4 Å². The van der Waals surface area contributed by atoms with Gasteiger partial charge >= 0.3 is 17.7 Å². The number of amides is 1. The smallest absolute Gasteiger partial charge is 0.456 e. The SMILES string of the molecule is CC(=O)OCC(=O)Nc1c(S(=O)(=O)C(F)(F)F)c(C#N)nn1-c1c(Cl)cc(C(F)(F)F)cc1Cl. The maximum Gasteiger partial charge on any atom is 0.502 e. The summed E-state index contributed by atoms with van der Waals surface area (Å²) < 4.78 is 108. The van der Waals surface area contributed by atoms with Crippen molar-refractivity contribution in [2.24, 2.45) is 0 Å². The Kier molecular flexibility index (Phi) is 7.45. The third-order valence-corrected chi connectivity index (χ3v) is 5.85. The second-order valence-corrected chi connectivity index (χ2v) is 8.81. The molecule has 18 heteroatoms. The van der Waals surface area contributed by atoms with Crippen molar-refractivity contribution in [2.45, 2.75) is 23.5 Å². The van der Waals surface area contributed by atoms with Crippen molar-refractivity contribution in [3.63, 3.8) is 0 Å². The fourth-order valence-corrected chi connectivity index (χ4v) is 4.00. The normalized spacial score (nSPS) is 12.2. The van der Waals surface area contributed by atoms with Gasteiger partial charge in [-0.1, -0.05) is 23.2 Å². The summed E-state index contributed by atoms with van der Waals surface area (Å²) in [5.41, 5.74) is -9.55. The van der Waals surface area contributed by atoms with Crippen molar-refractivity contribution >= 4 is 50.7 Å². The topological polar surface area (TPSA) is 131 Å². The number of esters is 1. The molecule has 0 atom stereocenters. The van der Waals surface area contributed by atoms with Gasteiger partial charge in [-0.15, -0.1) is 0 Å². The van der Waals surface area contributed by atoms with Crippen LogP contribution in [0.5, 0.6) is 0 Å². The molecule has 0 bridgehead atoms. The molecule has 0 saturated heterocycles. The van der Waals surface area contributed by atoms with E-state index < -0.39 is 77.7 Å². The summed E-state index contributed by atoms with van der Waals surface area (Å²) in [6, 6.07) is 1.70. The van der Waals surface area contributed by atoms with E-state index in [9.17, 15) is 49.6 Å². The summed E-state index contributed by atoms with van der Waals surface area (Å²) in [5.74, 6) is -3.72. The molecule has 1 N–H and O–H groups in total. The van der Waals surface area contributed by atoms with Crippen LogP contribution in [0.2, 0.25) is 10.0 Å². The summed E-state index contributed by atoms with van der Waals surface area (Å²) in [7, 11) is -6.37. The first kappa shape index (κ1) is 27.2. The molecule has 2 rings (SSSR count). The lowest BCUT2D eigenvalue weighted by molar-refractivity contribution is -0.145. The van der Waals surface area contributed by atoms with Gasteiger partial charge in [-0.25, -0.2) is 13.1 Å². The number of halogens is 8. The highest BCUT2D eigenvalue weighted by molar-refractivity contribution is 7.92. The van der Waals surface area contributed by atoms with E-state index >= 15 is 0 Å². The Bertz CT molecular complexity index is 1290. The lowest BCUT2D eigenvalue weighted by atomic mass is 10.2. The molecule has 184 valence electrons. The summed E-state index contributed by atoms with van der Waals surface area (Å²) in [6.07, 6.45) is -4.94. The minimum Gasteiger partial charge on any atom is -0.456 e. The Morgan fingerprint density at radius 3 is 2.12 bits per heavy atom. The first-order chi connectivity index (χ1) is 15.4. The lowest BCUT2D eigenvalue weighted by Gasteiger charge is -2.16. The fourth-order valence-electron chi connectivity index (χ4n) is 2.39. The summed E-state index contributed by atoms with van der Waals surface area (Å²) in [6.45, 7) is -0.227. The van der Waals surface area contributed by atoms with Gasteiger partial charge in [-0.2, -0.15) is 36.7 Å². The Balaban J connectivity index is 2.89. The number of benzene rings is 1. The van der Waals surface area contributed by atoms with Crippen LogP contribution in [0.15, 0.2) is 17.0 Å². The van der Waals surface area contributed by atoms with Crippen LogP contribution in [0.1, 0.15) is 18.2 Å². The Labute approximate surface area is 195 Å². The van der Waals surface area contributed by atoms with Gasteiger partial charge in [0.25, 0.3) is 15.7 Å². The molecule has 34 heavy (non-hydrogen) atoms. The third kappa shape index (κ3) is 5.37. The molecule has 0 aliphatic carbocycles. The van der Waals surface area contributed by atoms with E-state index in [4.69, 9.17) is 23.2 Å². The number of ether oxygens (including phenoxy) is 1. The number of nitrogens with zero attached hydrogens (tertiary/aromatic N) is 3. The molecule has 0 saturated carbocycles. The molecule has 0 aliphatic rings. The van der Waals surface area contributed by atoms with Crippen molar-refractivity contribution in [3.8, 4) is 11.8 Å². The molecule has 0 unspecified atom stereocenters. The Hall–Kier alpha value is -3.03. The van der Waals surface area contributed by atoms with Crippen LogP contribution in [0.3, 0.4) is 0 Å². The quantitative estimate of drug-likeness (QED) is 0.440. The van der Waals surface area contributed by atoms with Gasteiger partial charge in [0.1, 0.15) is 11.8 Å². The van der Waals surface area contributed by atoms with Crippen LogP contribution in [-0.4, -0.2) is 42.2 Å². The van der Waals surface area contributed by atoms with Gasteiger partial charge in [0.05, 0.1) is 15.6 Å². The molecular formula is C16H8Cl2F6N4O5S. The highest BCUT2D eigenvalue weighted by Crippen LogP contribution is 2.42. The van der Waals surface area contributed by atoms with E-state index in [0.717, 1.165) is 13.0 Å². The zero-order chi connectivity index (χ0) is 26.2. The second-order valence-electron chi connectivity index (χ2n) is 6.11. The molecule has 2 aromatic rings. The zero-order valence-corrected chi connectivity index (χ0v) is 18.5. The van der Waals surface area contributed by atoms with Crippen LogP contribution in [0.4, 0.5) is 32.2 Å². The lowest BCUT2D eigenvalue weighted by Crippen LogP contribution is -2.27. The van der Waals surface area contributed by atoms with Gasteiger partial charge in [0.15, 0.2) is 23.0 Å². The summed E-state index contributed by atoms with van der Waals surface area (Å²) in [4.78, 5) is 21.1. The molecule has 1 aromatic heterocycles. The third-order valence-electron chi connectivity index (χ3n) is 3.74. The number of hydrogen-bond acceptors (Lipinski definition) is 7. The second kappa shape index (κ2) is 9.31. The number of carbonyl (C=O) groups excluding carboxylic acids is 2. The van der Waals surface area contributed by atoms with Gasteiger partial charge in [0, 0.05) is 6.92 Å². The largest absolute Gasteiger partial charge is 0.502 e. The molecular weight excluding hydrogens is 545 g/mol. The highest BCUT2D eigenvalue weighted by Gasteiger charge is 2.51. The van der Waals surface area contributed by atoms with Gasteiger partial charge in [-0.05, 0) is 12.1 Å². The van der Waals surface area contributed by atoms with E-state index in [1.165, 1.54) is 0 Å². The van der Waals surface area contributed by atoms with E-state index in [1.54, 1.807) is 5.32 Å². The van der Waals surface area contributed by atoms with Crippen molar-refractivity contribution in [1.82, 2.24) is 9.78 Å². The summed E-state index contributed by atoms with van der Waals surface area (Å²) >= 11 is 11.6. The highest BCUT2D eigenvalue weighted by atomic mass is 35.5. The molecule has 0 spiro atoms. The van der Waals surface area contributed by atoms with Crippen molar-refractivity contribution in [1.29, 1.82) is 5.26 Å². The maximum atomic E-state index is 13.3. The molecule has 1 aromatic carbocycles. The van der Waals surface area contributed by atoms with E-state index in [-0.39, 0.29) is 4.68 Å². The zero-order valence-electron chi connectivity index (χ0n) is 16.2. The van der Waals surface area contributed by atoms with Gasteiger partial charge < -0.3 is 10.1 Å². The molecule has 0 radical (unpaired) electrons. The van der Waals surface area contributed by atoms with Crippen LogP contribution in [-0.2, 0) is 30.3 Å². The van der Waals surface area contributed by atoms with E-state index in [2.05, 4.69) is 9.84 Å². The average Bonchev–Trinajstić information content (AvgIpc) is 3.02. The maximum absolute atomic E-state index is 13.3. The average molecular weight is 553 g/mol. The van der Waals surface area contributed by atoms with Crippen LogP contribution >= 0.6 is 23.2 Å². The number of anilines is 1. The van der Waals surface area contributed by atoms with Crippen molar-refractivity contribution in [2.75, 3.05) is 11.9 Å². The number of aromatic nitrogens is 2. The molecule has 0 aliphatic heterocycles. The van der Waals surface area contributed by atoms with Crippen LogP contribution in [0.25, 0.3) is 5.69 Å². The monoisotopic (exact) mass is 552 g/mol. The molecule has 0 fully saturated rings.